The number of amides is 1. The van der Waals surface area contributed by atoms with Gasteiger partial charge in [0.2, 0.25) is 6.41 Å². The van der Waals surface area contributed by atoms with Crippen LogP contribution in [0.5, 0.6) is 5.75 Å². The van der Waals surface area contributed by atoms with Gasteiger partial charge in [-0.25, -0.2) is 0 Å². The summed E-state index contributed by atoms with van der Waals surface area (Å²) in [7, 11) is 0. The monoisotopic (exact) mass is 191 g/mol. The molecule has 1 amide bonds. The van der Waals surface area contributed by atoms with Gasteiger partial charge in [0.1, 0.15) is 5.75 Å². The van der Waals surface area contributed by atoms with E-state index in [0.29, 0.717) is 19.4 Å². The molecule has 2 N–H and O–H groups in total. The number of allylic oxidation sites excluding steroid dienone is 1. The number of hydrogen-bond acceptors (Lipinski definition) is 2. The molecule has 0 radical (unpaired) electrons. The highest BCUT2D eigenvalue weighted by Crippen LogP contribution is 2.19. The maximum atomic E-state index is 10.1. The van der Waals surface area contributed by atoms with Crippen LogP contribution in [0.15, 0.2) is 30.9 Å². The van der Waals surface area contributed by atoms with Gasteiger partial charge in [-0.05, 0) is 23.6 Å². The van der Waals surface area contributed by atoms with E-state index in [-0.39, 0.29) is 5.75 Å². The van der Waals surface area contributed by atoms with Gasteiger partial charge in [-0.3, -0.25) is 4.79 Å². The van der Waals surface area contributed by atoms with Crippen LogP contribution in [-0.2, 0) is 17.8 Å². The van der Waals surface area contributed by atoms with Gasteiger partial charge >= 0.3 is 0 Å². The van der Waals surface area contributed by atoms with Crippen molar-refractivity contribution in [2.75, 3.05) is 0 Å². The number of phenols is 1. The number of rotatable bonds is 5. The summed E-state index contributed by atoms with van der Waals surface area (Å²) in [5, 5.41) is 12.0. The molecule has 0 aromatic heterocycles. The van der Waals surface area contributed by atoms with Crippen LogP contribution in [0.25, 0.3) is 0 Å². The quantitative estimate of drug-likeness (QED) is 0.545. The number of phenolic OH excluding ortho intramolecular Hbond substituents is 1. The van der Waals surface area contributed by atoms with Gasteiger partial charge in [0.25, 0.3) is 0 Å². The molecule has 14 heavy (non-hydrogen) atoms. The second kappa shape index (κ2) is 5.07. The molecule has 0 unspecified atom stereocenters. The highest BCUT2D eigenvalue weighted by Gasteiger charge is 2.00. The molecule has 0 fully saturated rings. The molecule has 0 saturated heterocycles. The normalized spacial score (nSPS) is 9.43. The average molecular weight is 191 g/mol. The molecule has 0 heterocycles. The fraction of sp³-hybridized carbons (Fsp3) is 0.182. The van der Waals surface area contributed by atoms with Gasteiger partial charge in [0, 0.05) is 6.54 Å². The number of carbonyl (C=O) groups is 1. The van der Waals surface area contributed by atoms with Crippen LogP contribution in [-0.4, -0.2) is 11.5 Å². The van der Waals surface area contributed by atoms with Crippen molar-refractivity contribution in [1.29, 1.82) is 0 Å². The number of aromatic hydroxyl groups is 1. The third-order valence-corrected chi connectivity index (χ3v) is 1.90. The molecule has 0 aliphatic heterocycles. The Morgan fingerprint density at radius 2 is 2.29 bits per heavy atom. The second-order valence-corrected chi connectivity index (χ2v) is 2.95. The van der Waals surface area contributed by atoms with Gasteiger partial charge in [0.15, 0.2) is 0 Å². The zero-order chi connectivity index (χ0) is 10.4. The summed E-state index contributed by atoms with van der Waals surface area (Å²) in [5.41, 5.74) is 1.79. The summed E-state index contributed by atoms with van der Waals surface area (Å²) in [5.74, 6) is 0.264. The summed E-state index contributed by atoms with van der Waals surface area (Å²) >= 11 is 0. The SMILES string of the molecule is C=CCc1cc(CNC=O)ccc1O. The first-order valence-corrected chi connectivity index (χ1v) is 4.36. The van der Waals surface area contributed by atoms with E-state index in [2.05, 4.69) is 11.9 Å². The smallest absolute Gasteiger partial charge is 0.207 e. The fourth-order valence-corrected chi connectivity index (χ4v) is 1.23. The van der Waals surface area contributed by atoms with Gasteiger partial charge in [-0.2, -0.15) is 0 Å². The summed E-state index contributed by atoms with van der Waals surface area (Å²) in [6.07, 6.45) is 3.01. The van der Waals surface area contributed by atoms with Gasteiger partial charge in [-0.15, -0.1) is 6.58 Å². The molecule has 0 aliphatic rings. The molecule has 0 aliphatic carbocycles. The van der Waals surface area contributed by atoms with E-state index in [1.807, 2.05) is 6.07 Å². The maximum absolute atomic E-state index is 10.1. The second-order valence-electron chi connectivity index (χ2n) is 2.95. The van der Waals surface area contributed by atoms with Crippen LogP contribution >= 0.6 is 0 Å². The molecule has 1 aromatic rings. The van der Waals surface area contributed by atoms with Crippen molar-refractivity contribution < 1.29 is 9.90 Å². The molecular weight excluding hydrogens is 178 g/mol. The van der Waals surface area contributed by atoms with E-state index in [1.165, 1.54) is 0 Å². The van der Waals surface area contributed by atoms with Gasteiger partial charge < -0.3 is 10.4 Å². The van der Waals surface area contributed by atoms with Crippen LogP contribution in [0, 0.1) is 0 Å². The zero-order valence-electron chi connectivity index (χ0n) is 7.86. The summed E-state index contributed by atoms with van der Waals surface area (Å²) in [6.45, 7) is 4.09. The highest BCUT2D eigenvalue weighted by atomic mass is 16.3. The Hall–Kier alpha value is -1.77. The summed E-state index contributed by atoms with van der Waals surface area (Å²) in [4.78, 5) is 10.1. The minimum Gasteiger partial charge on any atom is -0.508 e. The van der Waals surface area contributed by atoms with Crippen molar-refractivity contribution in [3.05, 3.63) is 42.0 Å². The Kier molecular flexibility index (Phi) is 3.73. The number of nitrogens with one attached hydrogen (secondary N) is 1. The van der Waals surface area contributed by atoms with Crippen molar-refractivity contribution >= 4 is 6.41 Å². The minimum atomic E-state index is 0.264. The zero-order valence-corrected chi connectivity index (χ0v) is 7.86. The van der Waals surface area contributed by atoms with Crippen LogP contribution in [0.2, 0.25) is 0 Å². The fourth-order valence-electron chi connectivity index (χ4n) is 1.23. The lowest BCUT2D eigenvalue weighted by Gasteiger charge is -2.05. The van der Waals surface area contributed by atoms with E-state index < -0.39 is 0 Å². The number of benzene rings is 1. The molecule has 3 heteroatoms. The van der Waals surface area contributed by atoms with Crippen LogP contribution in [0.1, 0.15) is 11.1 Å². The lowest BCUT2D eigenvalue weighted by atomic mass is 10.1. The van der Waals surface area contributed by atoms with Crippen LogP contribution < -0.4 is 5.32 Å². The molecule has 0 atom stereocenters. The lowest BCUT2D eigenvalue weighted by Crippen LogP contribution is -2.09. The minimum absolute atomic E-state index is 0.264. The van der Waals surface area contributed by atoms with Crippen molar-refractivity contribution in [1.82, 2.24) is 5.32 Å². The Labute approximate surface area is 83.1 Å². The molecule has 74 valence electrons. The molecule has 0 bridgehead atoms. The van der Waals surface area contributed by atoms with Crippen LogP contribution in [0.3, 0.4) is 0 Å². The Morgan fingerprint density at radius 1 is 1.50 bits per heavy atom. The van der Waals surface area contributed by atoms with Gasteiger partial charge in [-0.1, -0.05) is 18.2 Å². The van der Waals surface area contributed by atoms with Crippen molar-refractivity contribution in [2.24, 2.45) is 0 Å². The van der Waals surface area contributed by atoms with E-state index in [0.717, 1.165) is 11.1 Å². The van der Waals surface area contributed by atoms with Crippen LogP contribution in [0.4, 0.5) is 0 Å². The standard InChI is InChI=1S/C11H13NO2/c1-2-3-10-6-9(7-12-8-13)4-5-11(10)14/h2,4-6,8,14H,1,3,7H2,(H,12,13). The van der Waals surface area contributed by atoms with E-state index >= 15 is 0 Å². The van der Waals surface area contributed by atoms with Crippen molar-refractivity contribution in [2.45, 2.75) is 13.0 Å². The lowest BCUT2D eigenvalue weighted by molar-refractivity contribution is -0.109. The predicted molar refractivity (Wildman–Crippen MR) is 54.9 cm³/mol. The Morgan fingerprint density at radius 3 is 2.93 bits per heavy atom. The number of hydrogen-bond donors (Lipinski definition) is 2. The molecular formula is C11H13NO2. The average Bonchev–Trinajstić information content (AvgIpc) is 2.19. The van der Waals surface area contributed by atoms with E-state index in [1.54, 1.807) is 18.2 Å². The van der Waals surface area contributed by atoms with Crippen molar-refractivity contribution in [3.63, 3.8) is 0 Å². The Balaban J connectivity index is 2.82. The maximum Gasteiger partial charge on any atom is 0.207 e. The first kappa shape index (κ1) is 10.3. The summed E-state index contributed by atoms with van der Waals surface area (Å²) < 4.78 is 0. The third kappa shape index (κ3) is 2.62. The Bertz CT molecular complexity index is 334. The molecule has 1 aromatic carbocycles. The third-order valence-electron chi connectivity index (χ3n) is 1.90. The predicted octanol–water partition coefficient (Wildman–Crippen LogP) is 1.37. The van der Waals surface area contributed by atoms with Crippen molar-refractivity contribution in [3.8, 4) is 5.75 Å². The molecule has 3 nitrogen and oxygen atoms in total. The summed E-state index contributed by atoms with van der Waals surface area (Å²) in [6, 6.07) is 5.26. The van der Waals surface area contributed by atoms with Gasteiger partial charge in [0.05, 0.1) is 0 Å². The molecule has 1 rings (SSSR count). The number of carbonyl (C=O) groups excluding carboxylic acids is 1. The largest absolute Gasteiger partial charge is 0.508 e. The first-order chi connectivity index (χ1) is 6.77. The van der Waals surface area contributed by atoms with E-state index in [9.17, 15) is 9.90 Å². The molecule has 0 saturated carbocycles. The first-order valence-electron chi connectivity index (χ1n) is 4.36. The van der Waals surface area contributed by atoms with E-state index in [4.69, 9.17) is 0 Å². The molecule has 0 spiro atoms. The highest BCUT2D eigenvalue weighted by molar-refractivity contribution is 5.46. The topological polar surface area (TPSA) is 49.3 Å².